The van der Waals surface area contributed by atoms with Crippen LogP contribution in [0, 0.1) is 18.3 Å². The smallest absolute Gasteiger partial charge is 0.264 e. The van der Waals surface area contributed by atoms with Crippen LogP contribution in [0.3, 0.4) is 0 Å². The molecule has 0 spiro atoms. The van der Waals surface area contributed by atoms with Gasteiger partial charge in [-0.3, -0.25) is 4.79 Å². The molecule has 0 radical (unpaired) electrons. The molecule has 2 rings (SSSR count). The van der Waals surface area contributed by atoms with Crippen LogP contribution in [0.25, 0.3) is 6.08 Å². The van der Waals surface area contributed by atoms with E-state index in [4.69, 9.17) is 9.47 Å². The second-order valence-electron chi connectivity index (χ2n) is 7.08. The van der Waals surface area contributed by atoms with Gasteiger partial charge in [-0.15, -0.1) is 6.58 Å². The van der Waals surface area contributed by atoms with Crippen LogP contribution < -0.4 is 9.47 Å². The minimum Gasteiger partial charge on any atom is -0.490 e. The molecule has 0 heterocycles. The van der Waals surface area contributed by atoms with Gasteiger partial charge in [0.05, 0.1) is 6.61 Å². The van der Waals surface area contributed by atoms with Crippen LogP contribution in [-0.4, -0.2) is 31.5 Å². The van der Waals surface area contributed by atoms with Crippen molar-refractivity contribution in [2.24, 2.45) is 0 Å². The van der Waals surface area contributed by atoms with Gasteiger partial charge in [-0.05, 0) is 49.6 Å². The molecule has 1 amide bonds. The molecule has 0 unspecified atom stereocenters. The molecule has 5 nitrogen and oxygen atoms in total. The van der Waals surface area contributed by atoms with Crippen LogP contribution >= 0.6 is 0 Å². The van der Waals surface area contributed by atoms with E-state index in [2.05, 4.69) is 12.6 Å². The van der Waals surface area contributed by atoms with Gasteiger partial charge >= 0.3 is 0 Å². The topological polar surface area (TPSA) is 62.6 Å². The van der Waals surface area contributed by atoms with Crippen molar-refractivity contribution in [3.63, 3.8) is 0 Å². The van der Waals surface area contributed by atoms with E-state index in [0.29, 0.717) is 36.7 Å². The number of amides is 1. The van der Waals surface area contributed by atoms with E-state index >= 15 is 0 Å². The van der Waals surface area contributed by atoms with E-state index in [1.54, 1.807) is 32.3 Å². The molecule has 0 saturated heterocycles. The number of carbonyl (C=O) groups is 1. The highest BCUT2D eigenvalue weighted by Gasteiger charge is 2.16. The van der Waals surface area contributed by atoms with Crippen LogP contribution in [0.2, 0.25) is 0 Å². The zero-order valence-corrected chi connectivity index (χ0v) is 18.1. The fraction of sp³-hybridized carbons (Fsp3) is 0.280. The van der Waals surface area contributed by atoms with Gasteiger partial charge in [0.1, 0.15) is 18.2 Å². The van der Waals surface area contributed by atoms with Crippen molar-refractivity contribution in [2.45, 2.75) is 26.9 Å². The van der Waals surface area contributed by atoms with E-state index < -0.39 is 0 Å². The van der Waals surface area contributed by atoms with Crippen molar-refractivity contribution in [1.82, 2.24) is 4.90 Å². The zero-order chi connectivity index (χ0) is 22.1. The number of ether oxygens (including phenoxy) is 2. The van der Waals surface area contributed by atoms with Crippen molar-refractivity contribution >= 4 is 12.0 Å². The van der Waals surface area contributed by atoms with Crippen molar-refractivity contribution in [3.05, 3.63) is 76.9 Å². The van der Waals surface area contributed by atoms with Crippen LogP contribution in [0.5, 0.6) is 11.5 Å². The number of nitrogens with zero attached hydrogens (tertiary/aromatic N) is 2. The second kappa shape index (κ2) is 10.9. The second-order valence-corrected chi connectivity index (χ2v) is 7.08. The van der Waals surface area contributed by atoms with Crippen LogP contribution in [-0.2, 0) is 17.8 Å². The SMILES string of the molecule is C=CCc1cc(/C=C(/C#N)C(=O)N(C)C)cc(OCC)c1OCc1cccc(C)c1. The summed E-state index contributed by atoms with van der Waals surface area (Å²) >= 11 is 0. The molecule has 0 aromatic heterocycles. The lowest BCUT2D eigenvalue weighted by atomic mass is 10.0. The quantitative estimate of drug-likeness (QED) is 0.345. The van der Waals surface area contributed by atoms with Gasteiger partial charge in [-0.2, -0.15) is 5.26 Å². The van der Waals surface area contributed by atoms with Gasteiger partial charge in [-0.25, -0.2) is 0 Å². The lowest BCUT2D eigenvalue weighted by Crippen LogP contribution is -2.22. The lowest BCUT2D eigenvalue weighted by Gasteiger charge is -2.17. The predicted octanol–water partition coefficient (Wildman–Crippen LogP) is 4.70. The maximum Gasteiger partial charge on any atom is 0.264 e. The molecule has 0 N–H and O–H groups in total. The first-order valence-corrected chi connectivity index (χ1v) is 9.82. The average Bonchev–Trinajstić information content (AvgIpc) is 2.71. The molecule has 30 heavy (non-hydrogen) atoms. The lowest BCUT2D eigenvalue weighted by molar-refractivity contribution is -0.124. The number of likely N-dealkylation sites (N-methyl/N-ethyl adjacent to an activating group) is 1. The third-order valence-corrected chi connectivity index (χ3v) is 4.35. The van der Waals surface area contributed by atoms with E-state index in [1.807, 2.05) is 44.2 Å². The molecule has 156 valence electrons. The Morgan fingerprint density at radius 1 is 1.23 bits per heavy atom. The zero-order valence-electron chi connectivity index (χ0n) is 18.1. The average molecular weight is 405 g/mol. The number of carbonyl (C=O) groups excluding carboxylic acids is 1. The fourth-order valence-electron chi connectivity index (χ4n) is 3.01. The highest BCUT2D eigenvalue weighted by atomic mass is 16.5. The first-order chi connectivity index (χ1) is 14.4. The summed E-state index contributed by atoms with van der Waals surface area (Å²) in [4.78, 5) is 13.6. The molecule has 0 aliphatic carbocycles. The summed E-state index contributed by atoms with van der Waals surface area (Å²) in [7, 11) is 3.23. The molecule has 0 saturated carbocycles. The number of allylic oxidation sites excluding steroid dienone is 1. The first kappa shape index (κ1) is 22.8. The van der Waals surface area contributed by atoms with Gasteiger partial charge in [0, 0.05) is 19.7 Å². The largest absolute Gasteiger partial charge is 0.490 e. The Kier molecular flexibility index (Phi) is 8.25. The summed E-state index contributed by atoms with van der Waals surface area (Å²) in [5.74, 6) is 0.874. The van der Waals surface area contributed by atoms with E-state index in [1.165, 1.54) is 10.5 Å². The molecule has 0 aliphatic heterocycles. The van der Waals surface area contributed by atoms with Crippen molar-refractivity contribution < 1.29 is 14.3 Å². The Morgan fingerprint density at radius 2 is 2.00 bits per heavy atom. The van der Waals surface area contributed by atoms with E-state index in [9.17, 15) is 10.1 Å². The summed E-state index contributed by atoms with van der Waals surface area (Å²) in [5, 5.41) is 9.40. The van der Waals surface area contributed by atoms with Gasteiger partial charge < -0.3 is 14.4 Å². The summed E-state index contributed by atoms with van der Waals surface area (Å²) in [6.45, 7) is 8.65. The molecular weight excluding hydrogens is 376 g/mol. The monoisotopic (exact) mass is 404 g/mol. The third kappa shape index (κ3) is 5.99. The minimum atomic E-state index is -0.347. The Balaban J connectivity index is 2.47. The summed E-state index contributed by atoms with van der Waals surface area (Å²) in [6.07, 6.45) is 3.92. The number of rotatable bonds is 9. The van der Waals surface area contributed by atoms with Crippen molar-refractivity contribution in [1.29, 1.82) is 5.26 Å². The van der Waals surface area contributed by atoms with Gasteiger partial charge in [0.15, 0.2) is 11.5 Å². The summed E-state index contributed by atoms with van der Waals surface area (Å²) in [5.41, 5.74) is 3.87. The molecule has 0 aliphatic rings. The Labute approximate surface area is 178 Å². The minimum absolute atomic E-state index is 0.0560. The normalized spacial score (nSPS) is 10.8. The maximum atomic E-state index is 12.2. The maximum absolute atomic E-state index is 12.2. The fourth-order valence-corrected chi connectivity index (χ4v) is 3.01. The Bertz CT molecular complexity index is 984. The van der Waals surface area contributed by atoms with Gasteiger partial charge in [-0.1, -0.05) is 35.9 Å². The third-order valence-electron chi connectivity index (χ3n) is 4.35. The van der Waals surface area contributed by atoms with E-state index in [0.717, 1.165) is 11.1 Å². The standard InChI is InChI=1S/C25H28N2O3/c1-6-9-21-13-20(14-22(16-26)25(28)27(4)5)15-23(29-7-2)24(21)30-17-19-11-8-10-18(3)12-19/h6,8,10-15H,1,7,9,17H2,2-5H3/b22-14-. The van der Waals surface area contributed by atoms with Crippen LogP contribution in [0.15, 0.2) is 54.6 Å². The molecule has 0 atom stereocenters. The molecule has 2 aromatic rings. The van der Waals surface area contributed by atoms with E-state index in [-0.39, 0.29) is 11.5 Å². The van der Waals surface area contributed by atoms with Crippen LogP contribution in [0.4, 0.5) is 0 Å². The van der Waals surface area contributed by atoms with Gasteiger partial charge in [0.2, 0.25) is 0 Å². The van der Waals surface area contributed by atoms with Crippen LogP contribution in [0.1, 0.15) is 29.2 Å². The van der Waals surface area contributed by atoms with Crippen molar-refractivity contribution in [2.75, 3.05) is 20.7 Å². The Hall–Kier alpha value is -3.52. The molecular formula is C25H28N2O3. The number of benzene rings is 2. The number of hydrogen-bond acceptors (Lipinski definition) is 4. The Morgan fingerprint density at radius 3 is 2.60 bits per heavy atom. The molecule has 2 aromatic carbocycles. The first-order valence-electron chi connectivity index (χ1n) is 9.82. The molecule has 5 heteroatoms. The molecule has 0 bridgehead atoms. The summed E-state index contributed by atoms with van der Waals surface area (Å²) in [6, 6.07) is 13.8. The number of nitriles is 1. The van der Waals surface area contributed by atoms with Crippen molar-refractivity contribution in [3.8, 4) is 17.6 Å². The number of hydrogen-bond donors (Lipinski definition) is 0. The summed E-state index contributed by atoms with van der Waals surface area (Å²) < 4.78 is 12.0. The number of aryl methyl sites for hydroxylation is 1. The highest BCUT2D eigenvalue weighted by molar-refractivity contribution is 6.01. The highest BCUT2D eigenvalue weighted by Crippen LogP contribution is 2.35. The predicted molar refractivity (Wildman–Crippen MR) is 119 cm³/mol. The molecule has 0 fully saturated rings. The van der Waals surface area contributed by atoms with Gasteiger partial charge in [0.25, 0.3) is 5.91 Å².